The largest absolute Gasteiger partial charge is 1.00 e. The molecule has 1 aliphatic heterocycles. The maximum atomic E-state index is 11.7. The maximum absolute atomic E-state index is 11.7. The van der Waals surface area contributed by atoms with Crippen molar-refractivity contribution in [2.75, 3.05) is 18.1 Å². The fourth-order valence-corrected chi connectivity index (χ4v) is 2.37. The summed E-state index contributed by atoms with van der Waals surface area (Å²) in [5.74, 6) is -0.136. The maximum Gasteiger partial charge on any atom is 1.00 e. The van der Waals surface area contributed by atoms with Crippen molar-refractivity contribution in [3.05, 3.63) is 0 Å². The molecule has 0 aliphatic carbocycles. The molecule has 92 valence electrons. The van der Waals surface area contributed by atoms with Crippen LogP contribution in [0.3, 0.4) is 0 Å². The normalized spacial score (nSPS) is 20.4. The van der Waals surface area contributed by atoms with Crippen LogP contribution in [0.4, 0.5) is 4.79 Å². The van der Waals surface area contributed by atoms with Gasteiger partial charge < -0.3 is 14.6 Å². The second-order valence-corrected chi connectivity index (χ2v) is 5.73. The van der Waals surface area contributed by atoms with Crippen LogP contribution in [-0.4, -0.2) is 46.7 Å². The summed E-state index contributed by atoms with van der Waals surface area (Å²) in [5, 5.41) is 10.9. The van der Waals surface area contributed by atoms with Crippen molar-refractivity contribution in [1.29, 1.82) is 0 Å². The Kier molecular flexibility index (Phi) is 6.91. The van der Waals surface area contributed by atoms with Gasteiger partial charge in [0.1, 0.15) is 5.60 Å². The summed E-state index contributed by atoms with van der Waals surface area (Å²) in [6.45, 7) is 5.63. The van der Waals surface area contributed by atoms with Crippen molar-refractivity contribution < 1.29 is 49.0 Å². The molecule has 0 aromatic rings. The zero-order valence-electron chi connectivity index (χ0n) is 10.7. The monoisotopic (exact) mass is 269 g/mol. The number of nitrogens with zero attached hydrogens (tertiary/aromatic N) is 1. The zero-order valence-corrected chi connectivity index (χ0v) is 13.5. The van der Waals surface area contributed by atoms with E-state index in [9.17, 15) is 14.7 Å². The van der Waals surface area contributed by atoms with E-state index in [1.165, 1.54) is 16.7 Å². The Hall–Kier alpha value is 0.0900. The third-order valence-corrected chi connectivity index (χ3v) is 3.05. The van der Waals surface area contributed by atoms with E-state index in [4.69, 9.17) is 4.74 Å². The van der Waals surface area contributed by atoms with E-state index < -0.39 is 23.7 Å². The first-order valence-corrected chi connectivity index (χ1v) is 6.25. The van der Waals surface area contributed by atoms with Crippen LogP contribution in [0.15, 0.2) is 0 Å². The molecule has 1 saturated heterocycles. The van der Waals surface area contributed by atoms with Crippen LogP contribution in [0.2, 0.25) is 0 Å². The van der Waals surface area contributed by atoms with Crippen LogP contribution in [0, 0.1) is 0 Å². The molecule has 0 bridgehead atoms. The number of carbonyl (C=O) groups is 2. The molecule has 1 heterocycles. The average Bonchev–Trinajstić information content (AvgIpc) is 2.15. The number of thioether (sulfide) groups is 1. The molecule has 1 unspecified atom stereocenters. The molecule has 1 aliphatic rings. The van der Waals surface area contributed by atoms with E-state index in [-0.39, 0.29) is 29.6 Å². The molecule has 7 heteroatoms. The molecular weight excluding hydrogens is 253 g/mol. The van der Waals surface area contributed by atoms with Crippen LogP contribution < -0.4 is 34.7 Å². The Bertz CT molecular complexity index is 293. The van der Waals surface area contributed by atoms with Gasteiger partial charge in [-0.05, 0) is 20.8 Å². The Morgan fingerprint density at radius 3 is 2.47 bits per heavy atom. The Balaban J connectivity index is 0.00000256. The predicted octanol–water partition coefficient (Wildman–Crippen LogP) is -2.91. The number of aliphatic carboxylic acids is 1. The van der Waals surface area contributed by atoms with Crippen molar-refractivity contribution in [1.82, 2.24) is 4.90 Å². The van der Waals surface area contributed by atoms with Gasteiger partial charge in [0.05, 0.1) is 12.0 Å². The molecular formula is C10H16NNaO4S. The minimum atomic E-state index is -1.22. The molecule has 0 aromatic heterocycles. The molecule has 5 nitrogen and oxygen atoms in total. The summed E-state index contributed by atoms with van der Waals surface area (Å²) < 4.78 is 5.14. The Labute approximate surface area is 128 Å². The minimum absolute atomic E-state index is 0. The summed E-state index contributed by atoms with van der Waals surface area (Å²) in [5.41, 5.74) is -0.613. The van der Waals surface area contributed by atoms with E-state index in [1.54, 1.807) is 20.8 Å². The van der Waals surface area contributed by atoms with Crippen molar-refractivity contribution in [2.24, 2.45) is 0 Å². The third kappa shape index (κ3) is 5.50. The van der Waals surface area contributed by atoms with E-state index in [0.29, 0.717) is 12.3 Å². The fraction of sp³-hybridized carbons (Fsp3) is 0.800. The first kappa shape index (κ1) is 17.1. The Morgan fingerprint density at radius 1 is 1.41 bits per heavy atom. The summed E-state index contributed by atoms with van der Waals surface area (Å²) >= 11 is 1.50. The minimum Gasteiger partial charge on any atom is -0.548 e. The summed E-state index contributed by atoms with van der Waals surface area (Å²) in [6, 6.07) is -0.881. The molecule has 0 saturated carbocycles. The van der Waals surface area contributed by atoms with Crippen molar-refractivity contribution in [3.63, 3.8) is 0 Å². The van der Waals surface area contributed by atoms with Gasteiger partial charge in [0.2, 0.25) is 0 Å². The van der Waals surface area contributed by atoms with Crippen LogP contribution in [0.5, 0.6) is 0 Å². The van der Waals surface area contributed by atoms with Crippen LogP contribution >= 0.6 is 11.8 Å². The second kappa shape index (κ2) is 6.87. The third-order valence-electron chi connectivity index (χ3n) is 2.03. The molecule has 0 N–H and O–H groups in total. The van der Waals surface area contributed by atoms with Gasteiger partial charge in [-0.15, -0.1) is 0 Å². The molecule has 0 radical (unpaired) electrons. The summed E-state index contributed by atoms with van der Waals surface area (Å²) in [6.07, 6.45) is -0.581. The second-order valence-electron chi connectivity index (χ2n) is 4.58. The number of amides is 1. The van der Waals surface area contributed by atoms with Gasteiger partial charge in [-0.1, -0.05) is 0 Å². The standard InChI is InChI=1S/C10H17NO4S.Na/c1-10(2,3)15-9(14)11-4-5-16-6-7(11)8(12)13;/h7H,4-6H2,1-3H3,(H,12,13);/q;+1/p-1. The quantitative estimate of drug-likeness (QED) is 0.477. The summed E-state index contributed by atoms with van der Waals surface area (Å²) in [7, 11) is 0. The van der Waals surface area contributed by atoms with Crippen LogP contribution in [-0.2, 0) is 9.53 Å². The molecule has 1 fully saturated rings. The number of carboxylic acid groups (broad SMARTS) is 1. The molecule has 0 spiro atoms. The van der Waals surface area contributed by atoms with Crippen LogP contribution in [0.25, 0.3) is 0 Å². The van der Waals surface area contributed by atoms with E-state index in [2.05, 4.69) is 0 Å². The number of rotatable bonds is 1. The molecule has 0 aromatic carbocycles. The fourth-order valence-electron chi connectivity index (χ4n) is 1.34. The van der Waals surface area contributed by atoms with E-state index in [0.717, 1.165) is 5.75 Å². The smallest absolute Gasteiger partial charge is 0.548 e. The van der Waals surface area contributed by atoms with Gasteiger partial charge in [-0.2, -0.15) is 11.8 Å². The molecule has 17 heavy (non-hydrogen) atoms. The number of carboxylic acids is 1. The van der Waals surface area contributed by atoms with Gasteiger partial charge in [-0.25, -0.2) is 4.79 Å². The van der Waals surface area contributed by atoms with Crippen molar-refractivity contribution in [3.8, 4) is 0 Å². The van der Waals surface area contributed by atoms with Crippen LogP contribution in [0.1, 0.15) is 20.8 Å². The average molecular weight is 269 g/mol. The molecule has 1 rings (SSSR count). The SMILES string of the molecule is CC(C)(C)OC(=O)N1CCSCC1C(=O)[O-].[Na+]. The number of ether oxygens (including phenoxy) is 1. The van der Waals surface area contributed by atoms with Gasteiger partial charge in [0.15, 0.2) is 0 Å². The molecule has 1 atom stereocenters. The first-order chi connectivity index (χ1) is 7.31. The molecule has 1 amide bonds. The topological polar surface area (TPSA) is 69.7 Å². The number of hydrogen-bond donors (Lipinski definition) is 0. The number of hydrogen-bond acceptors (Lipinski definition) is 5. The number of carbonyl (C=O) groups excluding carboxylic acids is 2. The van der Waals surface area contributed by atoms with Gasteiger partial charge in [0, 0.05) is 18.1 Å². The van der Waals surface area contributed by atoms with Gasteiger partial charge in [-0.3, -0.25) is 4.90 Å². The van der Waals surface area contributed by atoms with E-state index in [1.807, 2.05) is 0 Å². The summed E-state index contributed by atoms with van der Waals surface area (Å²) in [4.78, 5) is 23.8. The Morgan fingerprint density at radius 2 is 2.00 bits per heavy atom. The van der Waals surface area contributed by atoms with Crippen molar-refractivity contribution >= 4 is 23.8 Å². The van der Waals surface area contributed by atoms with Crippen molar-refractivity contribution in [2.45, 2.75) is 32.4 Å². The van der Waals surface area contributed by atoms with Gasteiger partial charge in [0.25, 0.3) is 0 Å². The predicted molar refractivity (Wildman–Crippen MR) is 59.1 cm³/mol. The zero-order chi connectivity index (χ0) is 12.3. The van der Waals surface area contributed by atoms with E-state index >= 15 is 0 Å². The van der Waals surface area contributed by atoms with Gasteiger partial charge >= 0.3 is 35.7 Å². The first-order valence-electron chi connectivity index (χ1n) is 5.09.